The lowest BCUT2D eigenvalue weighted by molar-refractivity contribution is 0.0494. The topological polar surface area (TPSA) is 35.5 Å². The van der Waals surface area contributed by atoms with E-state index < -0.39 is 5.60 Å². The summed E-state index contributed by atoms with van der Waals surface area (Å²) in [6.07, 6.45) is 4.32. The van der Waals surface area contributed by atoms with Crippen LogP contribution in [0.25, 0.3) is 0 Å². The highest BCUT2D eigenvalue weighted by Crippen LogP contribution is 2.13. The van der Waals surface area contributed by atoms with E-state index in [4.69, 9.17) is 0 Å². The Bertz CT molecular complexity index is 397. The molecular formula is C18H30N2O. The Morgan fingerprint density at radius 3 is 2.52 bits per heavy atom. The third-order valence-corrected chi connectivity index (χ3v) is 4.68. The molecule has 2 N–H and O–H groups in total. The molecule has 1 fully saturated rings. The highest BCUT2D eigenvalue weighted by atomic mass is 16.3. The van der Waals surface area contributed by atoms with Crippen molar-refractivity contribution in [2.45, 2.75) is 51.2 Å². The van der Waals surface area contributed by atoms with Crippen LogP contribution < -0.4 is 5.32 Å². The van der Waals surface area contributed by atoms with Gasteiger partial charge in [-0.2, -0.15) is 0 Å². The van der Waals surface area contributed by atoms with Gasteiger partial charge in [0.1, 0.15) is 0 Å². The minimum absolute atomic E-state index is 0.565. The average molecular weight is 290 g/mol. The summed E-state index contributed by atoms with van der Waals surface area (Å²) in [4.78, 5) is 2.56. The van der Waals surface area contributed by atoms with Gasteiger partial charge in [0.25, 0.3) is 0 Å². The Morgan fingerprint density at radius 1 is 1.24 bits per heavy atom. The third kappa shape index (κ3) is 5.77. The number of rotatable bonds is 7. The van der Waals surface area contributed by atoms with Crippen molar-refractivity contribution in [1.82, 2.24) is 10.2 Å². The predicted molar refractivity (Wildman–Crippen MR) is 88.5 cm³/mol. The van der Waals surface area contributed by atoms with Crippen molar-refractivity contribution in [3.63, 3.8) is 0 Å². The lowest BCUT2D eigenvalue weighted by atomic mass is 10.0. The predicted octanol–water partition coefficient (Wildman–Crippen LogP) is 2.44. The van der Waals surface area contributed by atoms with E-state index in [2.05, 4.69) is 40.5 Å². The average Bonchev–Trinajstić information content (AvgIpc) is 2.53. The van der Waals surface area contributed by atoms with Crippen molar-refractivity contribution in [3.05, 3.63) is 35.9 Å². The van der Waals surface area contributed by atoms with E-state index in [1.165, 1.54) is 31.5 Å². The van der Waals surface area contributed by atoms with E-state index in [1.807, 2.05) is 13.8 Å². The van der Waals surface area contributed by atoms with E-state index in [1.54, 1.807) is 0 Å². The van der Waals surface area contributed by atoms with Crippen molar-refractivity contribution in [1.29, 1.82) is 0 Å². The maximum absolute atomic E-state index is 10.0. The van der Waals surface area contributed by atoms with E-state index in [0.29, 0.717) is 12.6 Å². The Labute approximate surface area is 129 Å². The maximum Gasteiger partial charge on any atom is 0.0741 e. The first-order chi connectivity index (χ1) is 10.1. The lowest BCUT2D eigenvalue weighted by Crippen LogP contribution is -2.47. The minimum atomic E-state index is -0.565. The maximum atomic E-state index is 10.0. The van der Waals surface area contributed by atoms with E-state index >= 15 is 0 Å². The molecule has 0 aliphatic carbocycles. The van der Waals surface area contributed by atoms with Crippen molar-refractivity contribution in [3.8, 4) is 0 Å². The second-order valence-electron chi connectivity index (χ2n) is 6.58. The standard InChI is InChI=1S/C18H30N2O/c1-3-18(2,21)15-19-17-10-13-20(14-11-17)12-9-16-7-5-4-6-8-16/h4-8,17,19,21H,3,9-15H2,1-2H3. The fourth-order valence-corrected chi connectivity index (χ4v) is 2.78. The summed E-state index contributed by atoms with van der Waals surface area (Å²) in [5, 5.41) is 13.6. The van der Waals surface area contributed by atoms with Gasteiger partial charge in [0.05, 0.1) is 5.60 Å². The molecule has 118 valence electrons. The van der Waals surface area contributed by atoms with Crippen LogP contribution in [-0.2, 0) is 6.42 Å². The minimum Gasteiger partial charge on any atom is -0.389 e. The summed E-state index contributed by atoms with van der Waals surface area (Å²) in [6.45, 7) is 8.14. The van der Waals surface area contributed by atoms with E-state index in [-0.39, 0.29) is 0 Å². The number of piperidine rings is 1. The van der Waals surface area contributed by atoms with Crippen LogP contribution in [0.1, 0.15) is 38.7 Å². The SMILES string of the molecule is CCC(C)(O)CNC1CCN(CCc2ccccc2)CC1. The van der Waals surface area contributed by atoms with Crippen LogP contribution in [0.5, 0.6) is 0 Å². The smallest absolute Gasteiger partial charge is 0.0741 e. The van der Waals surface area contributed by atoms with Gasteiger partial charge in [0.2, 0.25) is 0 Å². The molecular weight excluding hydrogens is 260 g/mol. The van der Waals surface area contributed by atoms with Crippen molar-refractivity contribution >= 4 is 0 Å². The van der Waals surface area contributed by atoms with Crippen LogP contribution in [-0.4, -0.2) is 47.8 Å². The Kier molecular flexibility index (Phi) is 6.22. The van der Waals surface area contributed by atoms with Crippen LogP contribution in [0.3, 0.4) is 0 Å². The molecule has 1 aliphatic rings. The third-order valence-electron chi connectivity index (χ3n) is 4.68. The van der Waals surface area contributed by atoms with Crippen LogP contribution in [0.4, 0.5) is 0 Å². The van der Waals surface area contributed by atoms with Gasteiger partial charge >= 0.3 is 0 Å². The molecule has 1 heterocycles. The second kappa shape index (κ2) is 7.92. The molecule has 1 atom stereocenters. The normalized spacial score (nSPS) is 20.3. The first kappa shape index (κ1) is 16.5. The largest absolute Gasteiger partial charge is 0.389 e. The van der Waals surface area contributed by atoms with Gasteiger partial charge in [-0.15, -0.1) is 0 Å². The quantitative estimate of drug-likeness (QED) is 0.809. The monoisotopic (exact) mass is 290 g/mol. The van der Waals surface area contributed by atoms with E-state index in [9.17, 15) is 5.11 Å². The molecule has 1 unspecified atom stereocenters. The Morgan fingerprint density at radius 2 is 1.90 bits per heavy atom. The molecule has 1 aromatic carbocycles. The molecule has 3 heteroatoms. The van der Waals surface area contributed by atoms with Gasteiger partial charge in [-0.3, -0.25) is 0 Å². The summed E-state index contributed by atoms with van der Waals surface area (Å²) in [5.41, 5.74) is 0.863. The molecule has 21 heavy (non-hydrogen) atoms. The molecule has 1 aromatic rings. The summed E-state index contributed by atoms with van der Waals surface area (Å²) in [7, 11) is 0. The van der Waals surface area contributed by atoms with Gasteiger partial charge in [-0.05, 0) is 51.3 Å². The van der Waals surface area contributed by atoms with Gasteiger partial charge in [0, 0.05) is 19.1 Å². The second-order valence-corrected chi connectivity index (χ2v) is 6.58. The molecule has 0 saturated carbocycles. The molecule has 0 aromatic heterocycles. The van der Waals surface area contributed by atoms with Crippen molar-refractivity contribution in [2.75, 3.05) is 26.2 Å². The summed E-state index contributed by atoms with van der Waals surface area (Å²) in [6, 6.07) is 11.3. The lowest BCUT2D eigenvalue weighted by Gasteiger charge is -2.34. The number of aliphatic hydroxyl groups is 1. The first-order valence-electron chi connectivity index (χ1n) is 8.31. The number of nitrogens with one attached hydrogen (secondary N) is 1. The van der Waals surface area contributed by atoms with Gasteiger partial charge in [-0.25, -0.2) is 0 Å². The van der Waals surface area contributed by atoms with Crippen LogP contribution in [0.2, 0.25) is 0 Å². The number of likely N-dealkylation sites (tertiary alicyclic amines) is 1. The van der Waals surface area contributed by atoms with Gasteiger partial charge in [0.15, 0.2) is 0 Å². The Balaban J connectivity index is 1.64. The fourth-order valence-electron chi connectivity index (χ4n) is 2.78. The molecule has 0 spiro atoms. The van der Waals surface area contributed by atoms with Crippen molar-refractivity contribution in [2.24, 2.45) is 0 Å². The molecule has 0 bridgehead atoms. The fraction of sp³-hybridized carbons (Fsp3) is 0.667. The highest BCUT2D eigenvalue weighted by molar-refractivity contribution is 5.14. The molecule has 1 aliphatic heterocycles. The van der Waals surface area contributed by atoms with Crippen LogP contribution >= 0.6 is 0 Å². The zero-order valence-corrected chi connectivity index (χ0v) is 13.5. The zero-order chi connectivity index (χ0) is 15.1. The Hall–Kier alpha value is -0.900. The van der Waals surface area contributed by atoms with Gasteiger partial charge < -0.3 is 15.3 Å². The summed E-state index contributed by atoms with van der Waals surface area (Å²) < 4.78 is 0. The molecule has 0 radical (unpaired) electrons. The van der Waals surface area contributed by atoms with Crippen LogP contribution in [0, 0.1) is 0 Å². The molecule has 2 rings (SSSR count). The number of nitrogens with zero attached hydrogens (tertiary/aromatic N) is 1. The van der Waals surface area contributed by atoms with Crippen molar-refractivity contribution < 1.29 is 5.11 Å². The molecule has 0 amide bonds. The van der Waals surface area contributed by atoms with Crippen LogP contribution in [0.15, 0.2) is 30.3 Å². The summed E-state index contributed by atoms with van der Waals surface area (Å²) in [5.74, 6) is 0. The summed E-state index contributed by atoms with van der Waals surface area (Å²) >= 11 is 0. The molecule has 3 nitrogen and oxygen atoms in total. The first-order valence-corrected chi connectivity index (χ1v) is 8.31. The number of hydrogen-bond donors (Lipinski definition) is 2. The highest BCUT2D eigenvalue weighted by Gasteiger charge is 2.22. The zero-order valence-electron chi connectivity index (χ0n) is 13.5. The number of hydrogen-bond acceptors (Lipinski definition) is 3. The number of benzene rings is 1. The van der Waals surface area contributed by atoms with E-state index in [0.717, 1.165) is 19.4 Å². The molecule has 1 saturated heterocycles. The van der Waals surface area contributed by atoms with Gasteiger partial charge in [-0.1, -0.05) is 37.3 Å².